The van der Waals surface area contributed by atoms with Crippen molar-refractivity contribution in [1.29, 1.82) is 0 Å². The Balaban J connectivity index is 1.37. The van der Waals surface area contributed by atoms with Gasteiger partial charge in [-0.3, -0.25) is 14.9 Å². The van der Waals surface area contributed by atoms with Gasteiger partial charge in [0.05, 0.1) is 25.8 Å². The smallest absolute Gasteiger partial charge is 0.257 e. The van der Waals surface area contributed by atoms with E-state index in [1.165, 1.54) is 11.3 Å². The van der Waals surface area contributed by atoms with Crippen LogP contribution in [0.5, 0.6) is 11.5 Å². The lowest BCUT2D eigenvalue weighted by atomic mass is 9.90. The Morgan fingerprint density at radius 1 is 1.09 bits per heavy atom. The number of methoxy groups -OCH3 is 2. The first kappa shape index (κ1) is 22.8. The van der Waals surface area contributed by atoms with E-state index < -0.39 is 0 Å². The molecule has 1 aliphatic carbocycles. The van der Waals surface area contributed by atoms with Crippen LogP contribution in [0, 0.1) is 0 Å². The molecule has 0 saturated carbocycles. The van der Waals surface area contributed by atoms with Gasteiger partial charge in [0.25, 0.3) is 5.91 Å². The van der Waals surface area contributed by atoms with Crippen molar-refractivity contribution in [3.8, 4) is 11.5 Å². The lowest BCUT2D eigenvalue weighted by Gasteiger charge is -2.20. The summed E-state index contributed by atoms with van der Waals surface area (Å²) >= 11 is 1.46. The summed E-state index contributed by atoms with van der Waals surface area (Å²) in [5.41, 5.74) is 2.42. The maximum absolute atomic E-state index is 12.9. The molecule has 1 heterocycles. The predicted molar refractivity (Wildman–Crippen MR) is 128 cm³/mol. The van der Waals surface area contributed by atoms with Crippen LogP contribution in [0.2, 0.25) is 0 Å². The van der Waals surface area contributed by atoms with Crippen molar-refractivity contribution in [3.63, 3.8) is 0 Å². The van der Waals surface area contributed by atoms with Crippen molar-refractivity contribution in [2.75, 3.05) is 26.1 Å². The summed E-state index contributed by atoms with van der Waals surface area (Å²) in [6.07, 6.45) is 3.24. The summed E-state index contributed by atoms with van der Waals surface area (Å²) in [6.45, 7) is 0.516. The van der Waals surface area contributed by atoms with Gasteiger partial charge in [0.1, 0.15) is 0 Å². The summed E-state index contributed by atoms with van der Waals surface area (Å²) in [5.74, 6) is 0.836. The number of thiazole rings is 1. The second kappa shape index (κ2) is 10.5. The molecule has 3 aromatic rings. The number of rotatable bonds is 8. The molecule has 0 saturated heterocycles. The SMILES string of the molecule is COc1ccc(CCNC(=O)C2CCCc3sc(NC(=O)c4ccccc4)nc32)cc1OC. The minimum Gasteiger partial charge on any atom is -0.493 e. The van der Waals surface area contributed by atoms with E-state index in [0.29, 0.717) is 35.2 Å². The van der Waals surface area contributed by atoms with E-state index in [2.05, 4.69) is 15.6 Å². The predicted octanol–water partition coefficient (Wildman–Crippen LogP) is 4.19. The molecule has 1 aromatic heterocycles. The van der Waals surface area contributed by atoms with Gasteiger partial charge in [0.2, 0.25) is 5.91 Å². The van der Waals surface area contributed by atoms with Crippen LogP contribution in [0.4, 0.5) is 5.13 Å². The van der Waals surface area contributed by atoms with E-state index in [4.69, 9.17) is 9.47 Å². The second-order valence-corrected chi connectivity index (χ2v) is 8.91. The molecular weight excluding hydrogens is 438 g/mol. The third-order valence-electron chi connectivity index (χ3n) is 5.69. The van der Waals surface area contributed by atoms with E-state index in [0.717, 1.165) is 35.4 Å². The Hall–Kier alpha value is -3.39. The number of nitrogens with zero attached hydrogens (tertiary/aromatic N) is 1. The van der Waals surface area contributed by atoms with Crippen LogP contribution in [-0.2, 0) is 17.6 Å². The summed E-state index contributed by atoms with van der Waals surface area (Å²) in [4.78, 5) is 31.1. The zero-order valence-electron chi connectivity index (χ0n) is 18.7. The van der Waals surface area contributed by atoms with Gasteiger partial charge in [-0.2, -0.15) is 0 Å². The lowest BCUT2D eigenvalue weighted by molar-refractivity contribution is -0.122. The van der Waals surface area contributed by atoms with Crippen molar-refractivity contribution in [2.24, 2.45) is 0 Å². The third kappa shape index (κ3) is 5.34. The molecule has 2 aromatic carbocycles. The van der Waals surface area contributed by atoms with Crippen LogP contribution < -0.4 is 20.1 Å². The number of carbonyl (C=O) groups is 2. The van der Waals surface area contributed by atoms with Gasteiger partial charge in [-0.1, -0.05) is 24.3 Å². The number of aryl methyl sites for hydroxylation is 1. The summed E-state index contributed by atoms with van der Waals surface area (Å²) < 4.78 is 10.6. The van der Waals surface area contributed by atoms with Gasteiger partial charge < -0.3 is 14.8 Å². The summed E-state index contributed by atoms with van der Waals surface area (Å²) in [5, 5.41) is 6.47. The van der Waals surface area contributed by atoms with E-state index in [9.17, 15) is 9.59 Å². The van der Waals surface area contributed by atoms with Crippen molar-refractivity contribution >= 4 is 28.3 Å². The Bertz CT molecular complexity index is 1130. The fourth-order valence-electron chi connectivity index (χ4n) is 3.98. The molecule has 33 heavy (non-hydrogen) atoms. The first-order valence-corrected chi connectivity index (χ1v) is 11.7. The number of nitrogens with one attached hydrogen (secondary N) is 2. The van der Waals surface area contributed by atoms with Crippen LogP contribution >= 0.6 is 11.3 Å². The van der Waals surface area contributed by atoms with Crippen molar-refractivity contribution in [2.45, 2.75) is 31.6 Å². The van der Waals surface area contributed by atoms with E-state index in [1.807, 2.05) is 36.4 Å². The maximum atomic E-state index is 12.9. The highest BCUT2D eigenvalue weighted by molar-refractivity contribution is 7.16. The molecular formula is C25H27N3O4S. The molecule has 172 valence electrons. The van der Waals surface area contributed by atoms with E-state index in [1.54, 1.807) is 26.4 Å². The molecule has 0 aliphatic heterocycles. The highest BCUT2D eigenvalue weighted by Crippen LogP contribution is 2.37. The number of hydrogen-bond acceptors (Lipinski definition) is 6. The first-order valence-electron chi connectivity index (χ1n) is 10.9. The largest absolute Gasteiger partial charge is 0.493 e. The van der Waals surface area contributed by atoms with Crippen LogP contribution in [0.25, 0.3) is 0 Å². The number of anilines is 1. The van der Waals surface area contributed by atoms with Gasteiger partial charge in [0, 0.05) is 17.0 Å². The molecule has 8 heteroatoms. The van der Waals surface area contributed by atoms with Crippen molar-refractivity contribution in [1.82, 2.24) is 10.3 Å². The minimum atomic E-state index is -0.294. The Morgan fingerprint density at radius 2 is 1.88 bits per heavy atom. The highest BCUT2D eigenvalue weighted by Gasteiger charge is 2.30. The Labute approximate surface area is 197 Å². The molecule has 0 spiro atoms. The fourth-order valence-corrected chi connectivity index (χ4v) is 5.04. The minimum absolute atomic E-state index is 0.0253. The summed E-state index contributed by atoms with van der Waals surface area (Å²) in [6, 6.07) is 14.8. The van der Waals surface area contributed by atoms with Gasteiger partial charge in [-0.05, 0) is 55.5 Å². The van der Waals surface area contributed by atoms with Crippen LogP contribution in [0.15, 0.2) is 48.5 Å². The molecule has 4 rings (SSSR count). The maximum Gasteiger partial charge on any atom is 0.257 e. The summed E-state index contributed by atoms with van der Waals surface area (Å²) in [7, 11) is 3.21. The number of hydrogen-bond donors (Lipinski definition) is 2. The number of aromatic nitrogens is 1. The van der Waals surface area contributed by atoms with E-state index >= 15 is 0 Å². The van der Waals surface area contributed by atoms with Crippen molar-refractivity contribution in [3.05, 3.63) is 70.2 Å². The number of amides is 2. The molecule has 1 unspecified atom stereocenters. The zero-order chi connectivity index (χ0) is 23.2. The zero-order valence-corrected chi connectivity index (χ0v) is 19.5. The average Bonchev–Trinajstić information content (AvgIpc) is 3.26. The van der Waals surface area contributed by atoms with E-state index in [-0.39, 0.29) is 17.7 Å². The standard InChI is InChI=1S/C25H27N3O4S/c1-31-19-12-11-16(15-20(19)32-2)13-14-26-24(30)18-9-6-10-21-22(18)27-25(33-21)28-23(29)17-7-4-3-5-8-17/h3-5,7-8,11-12,15,18H,6,9-10,13-14H2,1-2H3,(H,26,30)(H,27,28,29). The monoisotopic (exact) mass is 465 g/mol. The van der Waals surface area contributed by atoms with Crippen LogP contribution in [-0.4, -0.2) is 37.6 Å². The molecule has 7 nitrogen and oxygen atoms in total. The highest BCUT2D eigenvalue weighted by atomic mass is 32.1. The lowest BCUT2D eigenvalue weighted by Crippen LogP contribution is -2.32. The molecule has 1 aliphatic rings. The second-order valence-electron chi connectivity index (χ2n) is 7.82. The molecule has 0 radical (unpaired) electrons. The number of fused-ring (bicyclic) bond motifs is 1. The molecule has 1 atom stereocenters. The number of benzene rings is 2. The average molecular weight is 466 g/mol. The normalized spacial score (nSPS) is 14.8. The van der Waals surface area contributed by atoms with Gasteiger partial charge in [0.15, 0.2) is 16.6 Å². The molecule has 0 bridgehead atoms. The van der Waals surface area contributed by atoms with Gasteiger partial charge >= 0.3 is 0 Å². The molecule has 2 amide bonds. The number of ether oxygens (including phenoxy) is 2. The van der Waals surface area contributed by atoms with Crippen molar-refractivity contribution < 1.29 is 19.1 Å². The van der Waals surface area contributed by atoms with Crippen LogP contribution in [0.1, 0.15) is 45.3 Å². The third-order valence-corrected chi connectivity index (χ3v) is 6.73. The fraction of sp³-hybridized carbons (Fsp3) is 0.320. The van der Waals surface area contributed by atoms with Gasteiger partial charge in [-0.25, -0.2) is 4.98 Å². The Kier molecular flexibility index (Phi) is 7.24. The van der Waals surface area contributed by atoms with Crippen LogP contribution in [0.3, 0.4) is 0 Å². The topological polar surface area (TPSA) is 89.6 Å². The number of carbonyl (C=O) groups excluding carboxylic acids is 2. The first-order chi connectivity index (χ1) is 16.1. The molecule has 0 fully saturated rings. The van der Waals surface area contributed by atoms with Gasteiger partial charge in [-0.15, -0.1) is 11.3 Å². The quantitative estimate of drug-likeness (QED) is 0.521. The molecule has 2 N–H and O–H groups in total. The Morgan fingerprint density at radius 3 is 2.64 bits per heavy atom.